The van der Waals surface area contributed by atoms with Gasteiger partial charge in [-0.05, 0) is 17.7 Å². The van der Waals surface area contributed by atoms with E-state index in [1.165, 1.54) is 6.07 Å². The van der Waals surface area contributed by atoms with Crippen molar-refractivity contribution in [2.45, 2.75) is 25.4 Å². The van der Waals surface area contributed by atoms with E-state index in [-0.39, 0.29) is 5.41 Å². The van der Waals surface area contributed by atoms with Gasteiger partial charge in [-0.25, -0.2) is 4.98 Å². The smallest absolute Gasteiger partial charge is 0.369 e. The summed E-state index contributed by atoms with van der Waals surface area (Å²) in [7, 11) is 0. The molecule has 5 heteroatoms. The Morgan fingerprint density at radius 3 is 2.14 bits per heavy atom. The molecular formula is C16H17F3N2. The van der Waals surface area contributed by atoms with E-state index in [9.17, 15) is 13.2 Å². The van der Waals surface area contributed by atoms with Gasteiger partial charge in [-0.15, -0.1) is 0 Å². The van der Waals surface area contributed by atoms with Crippen LogP contribution < -0.4 is 5.32 Å². The molecule has 1 aromatic heterocycles. The molecular weight excluding hydrogens is 277 g/mol. The molecule has 0 unspecified atom stereocenters. The summed E-state index contributed by atoms with van der Waals surface area (Å²) in [5, 5.41) is 3.08. The average Bonchev–Trinajstić information content (AvgIpc) is 2.46. The molecule has 0 spiro atoms. The van der Waals surface area contributed by atoms with E-state index in [1.807, 2.05) is 30.3 Å². The summed E-state index contributed by atoms with van der Waals surface area (Å²) in [6, 6.07) is 12.3. The standard InChI is InChI=1S/C16H17F3N2/c1-15(2,12-6-4-3-5-7-12)11-21-14-9-8-13(10-20-14)16(17,18)19/h3-10H,11H2,1-2H3,(H,20,21). The van der Waals surface area contributed by atoms with Gasteiger partial charge in [0, 0.05) is 18.2 Å². The first kappa shape index (κ1) is 15.4. The maximum atomic E-state index is 12.5. The lowest BCUT2D eigenvalue weighted by Crippen LogP contribution is -2.27. The minimum Gasteiger partial charge on any atom is -0.369 e. The normalized spacial score (nSPS) is 12.2. The van der Waals surface area contributed by atoms with Gasteiger partial charge in [-0.2, -0.15) is 13.2 Å². The molecule has 2 aromatic rings. The fourth-order valence-electron chi connectivity index (χ4n) is 1.97. The largest absolute Gasteiger partial charge is 0.417 e. The van der Waals surface area contributed by atoms with Gasteiger partial charge < -0.3 is 5.32 Å². The van der Waals surface area contributed by atoms with Crippen molar-refractivity contribution in [1.82, 2.24) is 4.98 Å². The number of alkyl halides is 3. The van der Waals surface area contributed by atoms with Gasteiger partial charge in [0.05, 0.1) is 5.56 Å². The third-order valence-corrected chi connectivity index (χ3v) is 3.36. The fraction of sp³-hybridized carbons (Fsp3) is 0.312. The predicted octanol–water partition coefficient (Wildman–Crippen LogP) is 4.49. The van der Waals surface area contributed by atoms with Crippen molar-refractivity contribution in [3.8, 4) is 0 Å². The first-order chi connectivity index (χ1) is 9.79. The zero-order valence-corrected chi connectivity index (χ0v) is 11.9. The van der Waals surface area contributed by atoms with Crippen LogP contribution in [-0.4, -0.2) is 11.5 Å². The quantitative estimate of drug-likeness (QED) is 0.898. The predicted molar refractivity (Wildman–Crippen MR) is 77.2 cm³/mol. The van der Waals surface area contributed by atoms with Gasteiger partial charge in [0.25, 0.3) is 0 Å². The summed E-state index contributed by atoms with van der Waals surface area (Å²) in [5.74, 6) is 0.437. The number of anilines is 1. The molecule has 0 bridgehead atoms. The molecule has 1 N–H and O–H groups in total. The monoisotopic (exact) mass is 294 g/mol. The molecule has 0 aliphatic heterocycles. The summed E-state index contributed by atoms with van der Waals surface area (Å²) in [6.45, 7) is 4.72. The summed E-state index contributed by atoms with van der Waals surface area (Å²) in [5.41, 5.74) is 0.269. The molecule has 0 saturated carbocycles. The molecule has 1 heterocycles. The second-order valence-corrected chi connectivity index (χ2v) is 5.53. The maximum absolute atomic E-state index is 12.5. The second-order valence-electron chi connectivity index (χ2n) is 5.53. The van der Waals surface area contributed by atoms with Crippen LogP contribution in [0.15, 0.2) is 48.7 Å². The van der Waals surface area contributed by atoms with Crippen molar-refractivity contribution < 1.29 is 13.2 Å². The van der Waals surface area contributed by atoms with E-state index in [4.69, 9.17) is 0 Å². The van der Waals surface area contributed by atoms with Crippen LogP contribution in [0, 0.1) is 0 Å². The van der Waals surface area contributed by atoms with Crippen LogP contribution in [0.4, 0.5) is 19.0 Å². The Balaban J connectivity index is 2.03. The van der Waals surface area contributed by atoms with Crippen LogP contribution in [0.1, 0.15) is 25.0 Å². The van der Waals surface area contributed by atoms with Crippen molar-refractivity contribution >= 4 is 5.82 Å². The molecule has 0 aliphatic rings. The highest BCUT2D eigenvalue weighted by Crippen LogP contribution is 2.29. The highest BCUT2D eigenvalue weighted by molar-refractivity contribution is 5.38. The first-order valence-corrected chi connectivity index (χ1v) is 6.62. The molecule has 0 amide bonds. The van der Waals surface area contributed by atoms with E-state index >= 15 is 0 Å². The summed E-state index contributed by atoms with van der Waals surface area (Å²) < 4.78 is 37.4. The number of benzene rings is 1. The minimum absolute atomic E-state index is 0.147. The number of halogens is 3. The van der Waals surface area contributed by atoms with Crippen LogP contribution in [0.3, 0.4) is 0 Å². The lowest BCUT2D eigenvalue weighted by Gasteiger charge is -2.26. The fourth-order valence-corrected chi connectivity index (χ4v) is 1.97. The minimum atomic E-state index is -4.35. The number of aromatic nitrogens is 1. The number of rotatable bonds is 4. The van der Waals surface area contributed by atoms with Gasteiger partial charge in [-0.3, -0.25) is 0 Å². The molecule has 2 rings (SSSR count). The third-order valence-electron chi connectivity index (χ3n) is 3.36. The Kier molecular flexibility index (Phi) is 4.21. The van der Waals surface area contributed by atoms with Crippen LogP contribution in [0.2, 0.25) is 0 Å². The molecule has 0 radical (unpaired) electrons. The molecule has 0 aliphatic carbocycles. The molecule has 21 heavy (non-hydrogen) atoms. The Labute approximate surface area is 122 Å². The SMILES string of the molecule is CC(C)(CNc1ccc(C(F)(F)F)cn1)c1ccccc1. The summed E-state index contributed by atoms with van der Waals surface area (Å²) in [4.78, 5) is 3.81. The van der Waals surface area contributed by atoms with Gasteiger partial charge >= 0.3 is 6.18 Å². The highest BCUT2D eigenvalue weighted by atomic mass is 19.4. The molecule has 1 aromatic carbocycles. The van der Waals surface area contributed by atoms with Crippen molar-refractivity contribution in [3.63, 3.8) is 0 Å². The van der Waals surface area contributed by atoms with E-state index in [1.54, 1.807) is 0 Å². The summed E-state index contributed by atoms with van der Waals surface area (Å²) in [6.07, 6.45) is -3.51. The zero-order valence-electron chi connectivity index (χ0n) is 11.9. The second kappa shape index (κ2) is 5.76. The lowest BCUT2D eigenvalue weighted by molar-refractivity contribution is -0.137. The van der Waals surface area contributed by atoms with Gasteiger partial charge in [0.15, 0.2) is 0 Å². The number of pyridine rings is 1. The van der Waals surface area contributed by atoms with E-state index in [2.05, 4.69) is 24.1 Å². The Bertz CT molecular complexity index is 575. The van der Waals surface area contributed by atoms with Gasteiger partial charge in [0.1, 0.15) is 5.82 Å². The molecule has 0 fully saturated rings. The highest BCUT2D eigenvalue weighted by Gasteiger charge is 2.30. The maximum Gasteiger partial charge on any atom is 0.417 e. The van der Waals surface area contributed by atoms with Crippen molar-refractivity contribution in [3.05, 3.63) is 59.8 Å². The van der Waals surface area contributed by atoms with Crippen LogP contribution >= 0.6 is 0 Å². The van der Waals surface area contributed by atoms with Crippen LogP contribution in [0.25, 0.3) is 0 Å². The average molecular weight is 294 g/mol. The van der Waals surface area contributed by atoms with E-state index < -0.39 is 11.7 Å². The van der Waals surface area contributed by atoms with Gasteiger partial charge in [-0.1, -0.05) is 44.2 Å². The van der Waals surface area contributed by atoms with Crippen molar-refractivity contribution in [2.24, 2.45) is 0 Å². The Hall–Kier alpha value is -2.04. The lowest BCUT2D eigenvalue weighted by atomic mass is 9.84. The first-order valence-electron chi connectivity index (χ1n) is 6.62. The topological polar surface area (TPSA) is 24.9 Å². The Morgan fingerprint density at radius 2 is 1.62 bits per heavy atom. The van der Waals surface area contributed by atoms with Gasteiger partial charge in [0.2, 0.25) is 0 Å². The summed E-state index contributed by atoms with van der Waals surface area (Å²) >= 11 is 0. The number of hydrogen-bond acceptors (Lipinski definition) is 2. The number of hydrogen-bond donors (Lipinski definition) is 1. The number of nitrogens with one attached hydrogen (secondary N) is 1. The Morgan fingerprint density at radius 1 is 0.952 bits per heavy atom. The van der Waals surface area contributed by atoms with Crippen LogP contribution in [0.5, 0.6) is 0 Å². The third kappa shape index (κ3) is 3.97. The molecule has 0 saturated heterocycles. The number of nitrogens with zero attached hydrogens (tertiary/aromatic N) is 1. The molecule has 112 valence electrons. The molecule has 2 nitrogen and oxygen atoms in total. The van der Waals surface area contributed by atoms with Crippen LogP contribution in [-0.2, 0) is 11.6 Å². The van der Waals surface area contributed by atoms with E-state index in [0.717, 1.165) is 17.8 Å². The molecule has 0 atom stereocenters. The zero-order chi connectivity index (χ0) is 15.5. The van der Waals surface area contributed by atoms with E-state index in [0.29, 0.717) is 12.4 Å². The van der Waals surface area contributed by atoms with Crippen molar-refractivity contribution in [1.29, 1.82) is 0 Å². The van der Waals surface area contributed by atoms with Crippen molar-refractivity contribution in [2.75, 3.05) is 11.9 Å².